The average Bonchev–Trinajstić information content (AvgIpc) is 0.650. The summed E-state index contributed by atoms with van der Waals surface area (Å²) in [6.45, 7) is 0. The fraction of sp³-hybridized carbons (Fsp3) is 0. The molecule has 6 heavy (non-hydrogen) atoms. The van der Waals surface area contributed by atoms with Crippen molar-refractivity contribution in [1.29, 1.82) is 0 Å². The Hall–Kier alpha value is 0.800. The van der Waals surface area contributed by atoms with Crippen LogP contribution in [0.3, 0.4) is 0 Å². The Morgan fingerprint density at radius 1 is 1.00 bits per heavy atom. The molecule has 0 fully saturated rings. The SMILES string of the molecule is FP(F)(F)(Cl)Cl. The van der Waals surface area contributed by atoms with Crippen LogP contribution in [0.5, 0.6) is 0 Å². The molecule has 0 saturated heterocycles. The van der Waals surface area contributed by atoms with E-state index in [1.54, 1.807) is 0 Å². The maximum absolute atomic E-state index is 10.7. The van der Waals surface area contributed by atoms with Gasteiger partial charge in [0.1, 0.15) is 0 Å². The van der Waals surface area contributed by atoms with Gasteiger partial charge in [-0.25, -0.2) is 0 Å². The fourth-order valence-corrected chi connectivity index (χ4v) is 0. The molecule has 0 radical (unpaired) electrons. The van der Waals surface area contributed by atoms with Crippen LogP contribution in [-0.4, -0.2) is 0 Å². The van der Waals surface area contributed by atoms with E-state index in [2.05, 4.69) is 22.5 Å². The van der Waals surface area contributed by atoms with Crippen LogP contribution in [0.1, 0.15) is 0 Å². The molecule has 0 nitrogen and oxygen atoms in total. The molecule has 6 heteroatoms. The van der Waals surface area contributed by atoms with Gasteiger partial charge in [-0.3, -0.25) is 0 Å². The Morgan fingerprint density at radius 2 is 1.00 bits per heavy atom. The van der Waals surface area contributed by atoms with Gasteiger partial charge in [0, 0.05) is 0 Å². The summed E-state index contributed by atoms with van der Waals surface area (Å²) in [5.74, 6) is 0. The van der Waals surface area contributed by atoms with E-state index < -0.39 is 6.24 Å². The van der Waals surface area contributed by atoms with Crippen molar-refractivity contribution in [3.63, 3.8) is 0 Å². The summed E-state index contributed by atoms with van der Waals surface area (Å²) in [6.07, 6.45) is -6.61. The standard InChI is InChI=1S/Cl2F3P/c1-6(2,3,4)5. The van der Waals surface area contributed by atoms with Gasteiger partial charge in [0.05, 0.1) is 0 Å². The van der Waals surface area contributed by atoms with Gasteiger partial charge in [-0.05, 0) is 0 Å². The van der Waals surface area contributed by atoms with E-state index in [1.807, 2.05) is 0 Å². The van der Waals surface area contributed by atoms with E-state index in [0.29, 0.717) is 0 Å². The molecular formula is Cl2F3P. The van der Waals surface area contributed by atoms with Crippen LogP contribution >= 0.6 is 28.7 Å². The molecule has 0 amide bonds. The zero-order chi connectivity index (χ0) is 5.45. The summed E-state index contributed by atoms with van der Waals surface area (Å²) in [4.78, 5) is 0. The third kappa shape index (κ3) is 108. The second kappa shape index (κ2) is 1.15. The van der Waals surface area contributed by atoms with Crippen molar-refractivity contribution in [2.45, 2.75) is 0 Å². The molecular weight excluding hydrogens is 159 g/mol. The molecule has 0 saturated carbocycles. The van der Waals surface area contributed by atoms with Gasteiger partial charge in [0.15, 0.2) is 0 Å². The Balaban J connectivity index is 3.73. The number of hydrogen-bond donors (Lipinski definition) is 0. The van der Waals surface area contributed by atoms with Crippen molar-refractivity contribution < 1.29 is 12.6 Å². The van der Waals surface area contributed by atoms with E-state index in [1.165, 1.54) is 0 Å². The Labute approximate surface area is 42.1 Å². The molecule has 0 aromatic carbocycles. The molecule has 0 aliphatic rings. The minimum absolute atomic E-state index is 3.68. The zero-order valence-corrected chi connectivity index (χ0v) is 4.74. The number of hydrogen-bond acceptors (Lipinski definition) is 0. The van der Waals surface area contributed by atoms with Gasteiger partial charge in [-0.15, -0.1) is 0 Å². The van der Waals surface area contributed by atoms with E-state index in [4.69, 9.17) is 0 Å². The summed E-state index contributed by atoms with van der Waals surface area (Å²) in [5, 5.41) is 0. The van der Waals surface area contributed by atoms with Crippen LogP contribution in [0, 0.1) is 0 Å². The molecule has 0 aliphatic heterocycles. The predicted octanol–water partition coefficient (Wildman–Crippen LogP) is 3.50. The fourth-order valence-electron chi connectivity index (χ4n) is 0. The second-order valence-corrected chi connectivity index (χ2v) is 5.75. The number of halogens is 5. The summed E-state index contributed by atoms with van der Waals surface area (Å²) in [6, 6.07) is 0. The molecule has 0 bridgehead atoms. The quantitative estimate of drug-likeness (QED) is 0.474. The average molecular weight is 159 g/mol. The molecule has 0 heterocycles. The van der Waals surface area contributed by atoms with Crippen molar-refractivity contribution in [2.24, 2.45) is 0 Å². The van der Waals surface area contributed by atoms with Crippen LogP contribution in [-0.2, 0) is 0 Å². The van der Waals surface area contributed by atoms with E-state index in [0.717, 1.165) is 0 Å². The van der Waals surface area contributed by atoms with Crippen LogP contribution in [0.4, 0.5) is 12.6 Å². The third-order valence-electron chi connectivity index (χ3n) is 0. The Bertz CT molecular complexity index is 42.0. The first-order valence-corrected chi connectivity index (χ1v) is 4.56. The van der Waals surface area contributed by atoms with Gasteiger partial charge < -0.3 is 0 Å². The zero-order valence-electron chi connectivity index (χ0n) is 2.34. The predicted molar refractivity (Wildman–Crippen MR) is 22.0 cm³/mol. The van der Waals surface area contributed by atoms with Crippen molar-refractivity contribution in [3.05, 3.63) is 0 Å². The monoisotopic (exact) mass is 158 g/mol. The Morgan fingerprint density at radius 3 is 1.00 bits per heavy atom. The van der Waals surface area contributed by atoms with E-state index in [9.17, 15) is 12.6 Å². The molecule has 0 aliphatic carbocycles. The first kappa shape index (κ1) is 6.80. The van der Waals surface area contributed by atoms with Crippen LogP contribution in [0.15, 0.2) is 0 Å². The van der Waals surface area contributed by atoms with Gasteiger partial charge in [-0.2, -0.15) is 0 Å². The summed E-state index contributed by atoms with van der Waals surface area (Å²) >= 11 is 7.36. The molecule has 0 rings (SSSR count). The number of rotatable bonds is 0. The van der Waals surface area contributed by atoms with Gasteiger partial charge in [-0.1, -0.05) is 0 Å². The third-order valence-corrected chi connectivity index (χ3v) is 0. The Kier molecular flexibility index (Phi) is 1.30. The summed E-state index contributed by atoms with van der Waals surface area (Å²) in [7, 11) is 0. The molecule has 0 spiro atoms. The van der Waals surface area contributed by atoms with Crippen LogP contribution < -0.4 is 0 Å². The second-order valence-electron chi connectivity index (χ2n) is 0.639. The topological polar surface area (TPSA) is 0 Å². The molecule has 0 aromatic heterocycles. The summed E-state index contributed by atoms with van der Waals surface area (Å²) in [5.41, 5.74) is 0. The van der Waals surface area contributed by atoms with Gasteiger partial charge >= 0.3 is 41.3 Å². The molecule has 0 atom stereocenters. The van der Waals surface area contributed by atoms with E-state index in [-0.39, 0.29) is 0 Å². The van der Waals surface area contributed by atoms with Crippen LogP contribution in [0.2, 0.25) is 0 Å². The van der Waals surface area contributed by atoms with Crippen molar-refractivity contribution in [1.82, 2.24) is 0 Å². The van der Waals surface area contributed by atoms with E-state index >= 15 is 0 Å². The molecule has 0 N–H and O–H groups in total. The van der Waals surface area contributed by atoms with Crippen LogP contribution in [0.25, 0.3) is 0 Å². The molecule has 0 aromatic rings. The van der Waals surface area contributed by atoms with Gasteiger partial charge in [0.25, 0.3) is 0 Å². The minimum atomic E-state index is -6.61. The molecule has 0 unspecified atom stereocenters. The molecule has 40 valence electrons. The van der Waals surface area contributed by atoms with Crippen molar-refractivity contribution in [2.75, 3.05) is 0 Å². The summed E-state index contributed by atoms with van der Waals surface area (Å²) < 4.78 is 32.1. The maximum atomic E-state index is 10.7. The first-order chi connectivity index (χ1) is 2.24. The van der Waals surface area contributed by atoms with Crippen molar-refractivity contribution in [3.8, 4) is 0 Å². The first-order valence-electron chi connectivity index (χ1n) is 0.845. The van der Waals surface area contributed by atoms with Crippen molar-refractivity contribution >= 4 is 28.7 Å². The van der Waals surface area contributed by atoms with Gasteiger partial charge in [0.2, 0.25) is 0 Å². The normalized spacial score (nSPS) is 19.2.